The van der Waals surface area contributed by atoms with Crippen LogP contribution >= 0.6 is 0 Å². The minimum absolute atomic E-state index is 0.185. The van der Waals surface area contributed by atoms with Crippen LogP contribution in [0.4, 0.5) is 13.2 Å². The maximum atomic E-state index is 12.3. The van der Waals surface area contributed by atoms with Crippen LogP contribution in [0.15, 0.2) is 0 Å². The first-order valence-corrected chi connectivity index (χ1v) is 7.84. The predicted molar refractivity (Wildman–Crippen MR) is 57.6 cm³/mol. The van der Waals surface area contributed by atoms with Gasteiger partial charge in [-0.2, -0.15) is 21.6 Å². The van der Waals surface area contributed by atoms with Crippen molar-refractivity contribution in [1.82, 2.24) is 0 Å². The molecular formula is C7H17F3O4SSi. The highest BCUT2D eigenvalue weighted by Gasteiger charge is 2.44. The summed E-state index contributed by atoms with van der Waals surface area (Å²) in [4.78, 5) is 0. The van der Waals surface area contributed by atoms with Gasteiger partial charge in [-0.3, -0.25) is 9.11 Å². The van der Waals surface area contributed by atoms with E-state index in [1.165, 1.54) is 0 Å². The van der Waals surface area contributed by atoms with Crippen LogP contribution in [0.3, 0.4) is 0 Å². The summed E-state index contributed by atoms with van der Waals surface area (Å²) < 4.78 is 68.4. The van der Waals surface area contributed by atoms with Crippen molar-refractivity contribution in [2.75, 3.05) is 0 Å². The van der Waals surface area contributed by atoms with Crippen molar-refractivity contribution in [3.05, 3.63) is 0 Å². The third kappa shape index (κ3) is 11.9. The summed E-state index contributed by atoms with van der Waals surface area (Å²) in [6.07, 6.45) is 0. The summed E-state index contributed by atoms with van der Waals surface area (Å²) in [5.41, 5.74) is -0.370. The van der Waals surface area contributed by atoms with Gasteiger partial charge in [-0.15, -0.1) is 0 Å². The number of hydrogen-bond acceptors (Lipinski definition) is 2. The fourth-order valence-electron chi connectivity index (χ4n) is 1.53. The molecule has 0 aromatic rings. The molecule has 2 N–H and O–H groups in total. The molecule has 16 heavy (non-hydrogen) atoms. The van der Waals surface area contributed by atoms with Gasteiger partial charge in [0, 0.05) is 0 Å². The van der Waals surface area contributed by atoms with Crippen molar-refractivity contribution in [2.45, 2.75) is 44.6 Å². The van der Waals surface area contributed by atoms with Crippen LogP contribution in [0.5, 0.6) is 0 Å². The zero-order chi connectivity index (χ0) is 13.7. The standard InChI is InChI=1S/C7H15F3Si.H2O4S/c1-5(2)11(6(3)4)7(8,9)10;1-5(2,3)4/h5-6,11H,1-4H3;(H2,1,2,3,4). The number of rotatable bonds is 2. The van der Waals surface area contributed by atoms with E-state index in [9.17, 15) is 13.2 Å². The van der Waals surface area contributed by atoms with E-state index in [1.807, 2.05) is 0 Å². The first kappa shape index (κ1) is 18.2. The molecule has 0 unspecified atom stereocenters. The summed E-state index contributed by atoms with van der Waals surface area (Å²) in [6, 6.07) is 0. The van der Waals surface area contributed by atoms with Crippen molar-refractivity contribution >= 4 is 19.2 Å². The van der Waals surface area contributed by atoms with Gasteiger partial charge in [0.1, 0.15) is 0 Å². The molecule has 4 nitrogen and oxygen atoms in total. The zero-order valence-electron chi connectivity index (χ0n) is 9.49. The van der Waals surface area contributed by atoms with Crippen molar-refractivity contribution in [1.29, 1.82) is 0 Å². The Morgan fingerprint density at radius 3 is 1.19 bits per heavy atom. The summed E-state index contributed by atoms with van der Waals surface area (Å²) in [5, 5.41) is 0. The third-order valence-electron chi connectivity index (χ3n) is 1.81. The van der Waals surface area contributed by atoms with Crippen molar-refractivity contribution in [3.63, 3.8) is 0 Å². The van der Waals surface area contributed by atoms with Gasteiger partial charge < -0.3 is 0 Å². The lowest BCUT2D eigenvalue weighted by Gasteiger charge is -2.25. The second-order valence-corrected chi connectivity index (χ2v) is 9.27. The lowest BCUT2D eigenvalue weighted by Crippen LogP contribution is -2.38. The average molecular weight is 282 g/mol. The molecule has 0 bridgehead atoms. The van der Waals surface area contributed by atoms with Gasteiger partial charge in [-0.25, -0.2) is 0 Å². The molecule has 0 aromatic heterocycles. The number of alkyl halides is 3. The van der Waals surface area contributed by atoms with Crippen LogP contribution < -0.4 is 0 Å². The molecule has 0 spiro atoms. The van der Waals surface area contributed by atoms with Crippen molar-refractivity contribution < 1.29 is 30.7 Å². The largest absolute Gasteiger partial charge is 0.394 e. The van der Waals surface area contributed by atoms with Gasteiger partial charge in [-0.05, 0) is 11.1 Å². The lowest BCUT2D eigenvalue weighted by atomic mass is 10.5. The van der Waals surface area contributed by atoms with Crippen LogP contribution in [0.2, 0.25) is 11.1 Å². The SMILES string of the molecule is CC(C)[SiH](C(C)C)C(F)(F)F.O=S(=O)(O)O. The number of halogens is 3. The van der Waals surface area contributed by atoms with Crippen LogP contribution in [-0.2, 0) is 10.4 Å². The quantitative estimate of drug-likeness (QED) is 0.602. The first-order valence-electron chi connectivity index (χ1n) is 4.53. The Hall–Kier alpha value is -0.123. The van der Waals surface area contributed by atoms with Crippen molar-refractivity contribution in [2.24, 2.45) is 0 Å². The van der Waals surface area contributed by atoms with Crippen LogP contribution in [0.1, 0.15) is 27.7 Å². The molecule has 0 radical (unpaired) electrons. The molecule has 0 fully saturated rings. The van der Waals surface area contributed by atoms with E-state index < -0.39 is 25.0 Å². The Labute approximate surface area is 95.0 Å². The van der Waals surface area contributed by atoms with Gasteiger partial charge in [0.05, 0.1) is 0 Å². The molecule has 100 valence electrons. The Morgan fingerprint density at radius 1 is 1.00 bits per heavy atom. The minimum Gasteiger partial charge on any atom is -0.264 e. The molecule has 0 saturated carbocycles. The highest BCUT2D eigenvalue weighted by atomic mass is 32.3. The molecule has 0 aromatic carbocycles. The third-order valence-corrected chi connectivity index (χ3v) is 5.44. The molecule has 9 heteroatoms. The van der Waals surface area contributed by atoms with Crippen LogP contribution in [0.25, 0.3) is 0 Å². The van der Waals surface area contributed by atoms with Gasteiger partial charge in [0.2, 0.25) is 0 Å². The Balaban J connectivity index is 0. The highest BCUT2D eigenvalue weighted by molar-refractivity contribution is 7.79. The number of hydrogen-bond donors (Lipinski definition) is 2. The maximum absolute atomic E-state index is 12.3. The van der Waals surface area contributed by atoms with Gasteiger partial charge in [0.15, 0.2) is 8.80 Å². The Bertz CT molecular complexity index is 270. The minimum atomic E-state index is -4.67. The van der Waals surface area contributed by atoms with Gasteiger partial charge in [0.25, 0.3) is 0 Å². The van der Waals surface area contributed by atoms with E-state index in [4.69, 9.17) is 17.5 Å². The van der Waals surface area contributed by atoms with E-state index in [2.05, 4.69) is 0 Å². The summed E-state index contributed by atoms with van der Waals surface area (Å²) in [7, 11) is -7.24. The monoisotopic (exact) mass is 282 g/mol. The predicted octanol–water partition coefficient (Wildman–Crippen LogP) is 2.48. The Morgan fingerprint density at radius 2 is 1.19 bits per heavy atom. The van der Waals surface area contributed by atoms with Gasteiger partial charge in [-0.1, -0.05) is 27.7 Å². The first-order chi connectivity index (χ1) is 6.76. The van der Waals surface area contributed by atoms with Crippen LogP contribution in [-0.4, -0.2) is 32.1 Å². The smallest absolute Gasteiger partial charge is 0.264 e. The Kier molecular flexibility index (Phi) is 7.50. The fraction of sp³-hybridized carbons (Fsp3) is 1.00. The molecule has 0 rings (SSSR count). The van der Waals surface area contributed by atoms with Gasteiger partial charge >= 0.3 is 16.2 Å². The van der Waals surface area contributed by atoms with E-state index in [1.54, 1.807) is 27.7 Å². The van der Waals surface area contributed by atoms with Crippen LogP contribution in [0, 0.1) is 0 Å². The second kappa shape index (κ2) is 6.57. The van der Waals surface area contributed by atoms with E-state index in [0.717, 1.165) is 0 Å². The van der Waals surface area contributed by atoms with E-state index in [0.29, 0.717) is 0 Å². The van der Waals surface area contributed by atoms with Crippen molar-refractivity contribution in [3.8, 4) is 0 Å². The molecule has 0 aliphatic rings. The maximum Gasteiger partial charge on any atom is 0.394 e. The topological polar surface area (TPSA) is 74.6 Å². The molecule has 0 aliphatic carbocycles. The molecular weight excluding hydrogens is 265 g/mol. The molecule has 0 atom stereocenters. The summed E-state index contributed by atoms with van der Waals surface area (Å²) in [5.74, 6) is -3.90. The summed E-state index contributed by atoms with van der Waals surface area (Å²) >= 11 is 0. The molecule has 0 heterocycles. The molecule has 0 aliphatic heterocycles. The van der Waals surface area contributed by atoms with E-state index >= 15 is 0 Å². The highest BCUT2D eigenvalue weighted by Crippen LogP contribution is 2.33. The second-order valence-electron chi connectivity index (χ2n) is 4.00. The summed E-state index contributed by atoms with van der Waals surface area (Å²) in [6.45, 7) is 6.68. The fourth-order valence-corrected chi connectivity index (χ4v) is 4.58. The van der Waals surface area contributed by atoms with E-state index in [-0.39, 0.29) is 11.1 Å². The molecule has 0 amide bonds. The normalized spacial score (nSPS) is 13.0. The lowest BCUT2D eigenvalue weighted by molar-refractivity contribution is -0.0540. The molecule has 0 saturated heterocycles. The average Bonchev–Trinajstić information content (AvgIpc) is 1.73. The zero-order valence-corrected chi connectivity index (χ0v) is 11.5.